The van der Waals surface area contributed by atoms with Gasteiger partial charge in [-0.2, -0.15) is 0 Å². The number of benzene rings is 1. The Bertz CT molecular complexity index is 701. The van der Waals surface area contributed by atoms with E-state index in [0.717, 1.165) is 5.75 Å². The standard InChI is InChI=1S/C19H30N2O4S/c1-5-26(23,24)20-19-10-11-21(15(4)22)12-17(19)13-25-18-8-6-16(7-9-18)14(2)3/h6-9,14,17,19-20H,5,10-13H2,1-4H3/t17-,19+/m1/s1. The average molecular weight is 383 g/mol. The highest BCUT2D eigenvalue weighted by molar-refractivity contribution is 7.89. The van der Waals surface area contributed by atoms with E-state index in [0.29, 0.717) is 32.0 Å². The third-order valence-corrected chi connectivity index (χ3v) is 6.32. The van der Waals surface area contributed by atoms with Crippen molar-refractivity contribution in [1.29, 1.82) is 0 Å². The largest absolute Gasteiger partial charge is 0.493 e. The summed E-state index contributed by atoms with van der Waals surface area (Å²) < 4.78 is 32.6. The third-order valence-electron chi connectivity index (χ3n) is 4.90. The van der Waals surface area contributed by atoms with Gasteiger partial charge in [-0.1, -0.05) is 26.0 Å². The Kier molecular flexibility index (Phi) is 7.06. The van der Waals surface area contributed by atoms with Crippen LogP contribution in [0.2, 0.25) is 0 Å². The minimum atomic E-state index is -3.30. The van der Waals surface area contributed by atoms with Gasteiger partial charge in [-0.3, -0.25) is 4.79 Å². The number of ether oxygens (including phenoxy) is 1. The minimum Gasteiger partial charge on any atom is -0.493 e. The van der Waals surface area contributed by atoms with Crippen molar-refractivity contribution < 1.29 is 17.9 Å². The number of nitrogens with one attached hydrogen (secondary N) is 1. The zero-order valence-electron chi connectivity index (χ0n) is 16.1. The number of rotatable bonds is 7. The monoisotopic (exact) mass is 382 g/mol. The molecule has 1 aromatic rings. The molecule has 1 aromatic carbocycles. The Labute approximate surface area is 157 Å². The first-order valence-corrected chi connectivity index (χ1v) is 10.8. The quantitative estimate of drug-likeness (QED) is 0.785. The zero-order chi connectivity index (χ0) is 19.3. The molecule has 0 bridgehead atoms. The van der Waals surface area contributed by atoms with E-state index in [4.69, 9.17) is 4.74 Å². The van der Waals surface area contributed by atoms with E-state index in [-0.39, 0.29) is 23.6 Å². The molecular formula is C19H30N2O4S. The van der Waals surface area contributed by atoms with Gasteiger partial charge in [0.2, 0.25) is 15.9 Å². The molecule has 1 amide bonds. The molecule has 0 unspecified atom stereocenters. The lowest BCUT2D eigenvalue weighted by Gasteiger charge is -2.38. The summed E-state index contributed by atoms with van der Waals surface area (Å²) in [4.78, 5) is 13.5. The van der Waals surface area contributed by atoms with Gasteiger partial charge in [-0.05, 0) is 37.0 Å². The highest BCUT2D eigenvalue weighted by atomic mass is 32.2. The van der Waals surface area contributed by atoms with Crippen molar-refractivity contribution in [2.24, 2.45) is 5.92 Å². The summed E-state index contributed by atoms with van der Waals surface area (Å²) in [5, 5.41) is 0. The van der Waals surface area contributed by atoms with E-state index in [1.807, 2.05) is 24.3 Å². The van der Waals surface area contributed by atoms with Crippen molar-refractivity contribution in [2.45, 2.75) is 46.1 Å². The van der Waals surface area contributed by atoms with Crippen molar-refractivity contribution >= 4 is 15.9 Å². The Morgan fingerprint density at radius 3 is 2.50 bits per heavy atom. The van der Waals surface area contributed by atoms with Crippen molar-refractivity contribution in [3.63, 3.8) is 0 Å². The molecule has 0 aliphatic carbocycles. The van der Waals surface area contributed by atoms with Gasteiger partial charge in [0, 0.05) is 32.0 Å². The second-order valence-corrected chi connectivity index (χ2v) is 9.22. The fourth-order valence-corrected chi connectivity index (χ4v) is 4.05. The highest BCUT2D eigenvalue weighted by Gasteiger charge is 2.33. The SMILES string of the molecule is CCS(=O)(=O)N[C@H]1CCN(C(C)=O)C[C@@H]1COc1ccc(C(C)C)cc1. The molecule has 1 heterocycles. The van der Waals surface area contributed by atoms with Crippen LogP contribution in [0.4, 0.5) is 0 Å². The Balaban J connectivity index is 2.05. The number of piperidine rings is 1. The van der Waals surface area contributed by atoms with Crippen LogP contribution in [0, 0.1) is 5.92 Å². The first-order chi connectivity index (χ1) is 12.2. The molecule has 6 nitrogen and oxygen atoms in total. The summed E-state index contributed by atoms with van der Waals surface area (Å²) in [6, 6.07) is 7.74. The summed E-state index contributed by atoms with van der Waals surface area (Å²) in [5.74, 6) is 1.18. The highest BCUT2D eigenvalue weighted by Crippen LogP contribution is 2.22. The number of hydrogen-bond acceptors (Lipinski definition) is 4. The lowest BCUT2D eigenvalue weighted by molar-refractivity contribution is -0.131. The van der Waals surface area contributed by atoms with Crippen molar-refractivity contribution in [1.82, 2.24) is 9.62 Å². The molecule has 2 rings (SSSR count). The molecule has 0 aromatic heterocycles. The van der Waals surface area contributed by atoms with Gasteiger partial charge in [0.05, 0.1) is 12.4 Å². The average Bonchev–Trinajstić information content (AvgIpc) is 2.60. The molecule has 0 spiro atoms. The summed E-state index contributed by atoms with van der Waals surface area (Å²) in [5.41, 5.74) is 1.24. The van der Waals surface area contributed by atoms with Crippen LogP contribution in [0.1, 0.15) is 45.6 Å². The molecule has 1 saturated heterocycles. The van der Waals surface area contributed by atoms with E-state index in [1.54, 1.807) is 18.7 Å². The van der Waals surface area contributed by atoms with E-state index in [2.05, 4.69) is 18.6 Å². The topological polar surface area (TPSA) is 75.7 Å². The smallest absolute Gasteiger partial charge is 0.219 e. The number of carbonyl (C=O) groups is 1. The van der Waals surface area contributed by atoms with Crippen LogP contribution in [-0.4, -0.2) is 50.7 Å². The molecule has 1 aliphatic rings. The number of sulfonamides is 1. The number of amides is 1. The molecule has 146 valence electrons. The second kappa shape index (κ2) is 8.86. The molecule has 2 atom stereocenters. The molecule has 1 aliphatic heterocycles. The van der Waals surface area contributed by atoms with Crippen LogP contribution < -0.4 is 9.46 Å². The fourth-order valence-electron chi connectivity index (χ4n) is 3.11. The van der Waals surface area contributed by atoms with E-state index in [1.165, 1.54) is 5.56 Å². The lowest BCUT2D eigenvalue weighted by atomic mass is 9.93. The van der Waals surface area contributed by atoms with E-state index in [9.17, 15) is 13.2 Å². The van der Waals surface area contributed by atoms with Gasteiger partial charge < -0.3 is 9.64 Å². The molecule has 26 heavy (non-hydrogen) atoms. The lowest BCUT2D eigenvalue weighted by Crippen LogP contribution is -2.53. The summed E-state index contributed by atoms with van der Waals surface area (Å²) in [7, 11) is -3.30. The summed E-state index contributed by atoms with van der Waals surface area (Å²) in [6.07, 6.45) is 0.596. The number of nitrogens with zero attached hydrogens (tertiary/aromatic N) is 1. The maximum absolute atomic E-state index is 12.0. The number of carbonyl (C=O) groups excluding carboxylic acids is 1. The van der Waals surface area contributed by atoms with Gasteiger partial charge in [0.15, 0.2) is 0 Å². The number of hydrogen-bond donors (Lipinski definition) is 1. The fraction of sp³-hybridized carbons (Fsp3) is 0.632. The van der Waals surface area contributed by atoms with Crippen molar-refractivity contribution in [3.05, 3.63) is 29.8 Å². The number of likely N-dealkylation sites (tertiary alicyclic amines) is 1. The van der Waals surface area contributed by atoms with Crippen LogP contribution in [0.15, 0.2) is 24.3 Å². The van der Waals surface area contributed by atoms with Gasteiger partial charge in [0.25, 0.3) is 0 Å². The first-order valence-electron chi connectivity index (χ1n) is 9.20. The van der Waals surface area contributed by atoms with E-state index < -0.39 is 10.0 Å². The second-order valence-electron chi connectivity index (χ2n) is 7.18. The van der Waals surface area contributed by atoms with Crippen LogP contribution in [0.5, 0.6) is 5.75 Å². The Morgan fingerprint density at radius 2 is 1.96 bits per heavy atom. The summed E-state index contributed by atoms with van der Waals surface area (Å²) in [6.45, 7) is 8.86. The van der Waals surface area contributed by atoms with Crippen molar-refractivity contribution in [3.8, 4) is 5.75 Å². The Morgan fingerprint density at radius 1 is 1.31 bits per heavy atom. The minimum absolute atomic E-state index is 0.00749. The van der Waals surface area contributed by atoms with Gasteiger partial charge >= 0.3 is 0 Å². The molecule has 0 radical (unpaired) electrons. The Hall–Kier alpha value is -1.60. The maximum Gasteiger partial charge on any atom is 0.219 e. The van der Waals surface area contributed by atoms with Gasteiger partial charge in [0.1, 0.15) is 5.75 Å². The molecule has 7 heteroatoms. The molecule has 1 fully saturated rings. The molecule has 1 N–H and O–H groups in total. The maximum atomic E-state index is 12.0. The summed E-state index contributed by atoms with van der Waals surface area (Å²) >= 11 is 0. The van der Waals surface area contributed by atoms with Gasteiger partial charge in [-0.25, -0.2) is 13.1 Å². The van der Waals surface area contributed by atoms with Crippen LogP contribution in [0.3, 0.4) is 0 Å². The van der Waals surface area contributed by atoms with Crippen LogP contribution in [-0.2, 0) is 14.8 Å². The molecular weight excluding hydrogens is 352 g/mol. The third kappa shape index (κ3) is 5.71. The predicted molar refractivity (Wildman–Crippen MR) is 103 cm³/mol. The zero-order valence-corrected chi connectivity index (χ0v) is 16.9. The van der Waals surface area contributed by atoms with Crippen molar-refractivity contribution in [2.75, 3.05) is 25.4 Å². The normalized spacial score (nSPS) is 21.0. The van der Waals surface area contributed by atoms with E-state index >= 15 is 0 Å². The van der Waals surface area contributed by atoms with Crippen LogP contribution in [0.25, 0.3) is 0 Å². The van der Waals surface area contributed by atoms with Gasteiger partial charge in [-0.15, -0.1) is 0 Å². The predicted octanol–water partition coefficient (Wildman–Crippen LogP) is 2.37. The van der Waals surface area contributed by atoms with Crippen LogP contribution >= 0.6 is 0 Å². The molecule has 0 saturated carbocycles. The first kappa shape index (κ1) is 20.7.